The average molecular weight is 742 g/mol. The van der Waals surface area contributed by atoms with Gasteiger partial charge in [-0.25, -0.2) is 15.0 Å². The summed E-state index contributed by atoms with van der Waals surface area (Å²) < 4.78 is 12.8. The van der Waals surface area contributed by atoms with Crippen LogP contribution in [0.25, 0.3) is 122 Å². The lowest BCUT2D eigenvalue weighted by atomic mass is 9.92. The Morgan fingerprint density at radius 3 is 1.71 bits per heavy atom. The Labute approximate surface area is 332 Å². The van der Waals surface area contributed by atoms with Gasteiger partial charge in [0.15, 0.2) is 5.82 Å². The van der Waals surface area contributed by atoms with Crippen LogP contribution in [0.2, 0.25) is 0 Å². The minimum absolute atomic E-state index is 0.634. The topological polar surface area (TPSA) is 65.0 Å². The third kappa shape index (κ3) is 5.07. The Kier molecular flexibility index (Phi) is 7.16. The second kappa shape index (κ2) is 12.8. The number of benzene rings is 8. The van der Waals surface area contributed by atoms with E-state index in [0.29, 0.717) is 11.5 Å². The summed E-state index contributed by atoms with van der Waals surface area (Å²) in [7, 11) is 0. The number of furan rings is 2. The molecule has 0 fully saturated rings. The molecule has 0 aliphatic carbocycles. The number of hydrogen-bond acceptors (Lipinski definition) is 5. The van der Waals surface area contributed by atoms with Gasteiger partial charge in [-0.05, 0) is 39.9 Å². The van der Waals surface area contributed by atoms with Crippen LogP contribution in [-0.4, -0.2) is 15.0 Å². The summed E-state index contributed by atoms with van der Waals surface area (Å²) in [6.07, 6.45) is 0. The van der Waals surface area contributed by atoms with Crippen LogP contribution in [-0.2, 0) is 0 Å². The Bertz CT molecular complexity index is 3570. The molecular formula is C53H31N3O2. The lowest BCUT2D eigenvalue weighted by Gasteiger charge is -2.14. The van der Waals surface area contributed by atoms with Crippen molar-refractivity contribution in [2.45, 2.75) is 0 Å². The molecule has 4 heterocycles. The van der Waals surface area contributed by atoms with Gasteiger partial charge in [-0.1, -0.05) is 170 Å². The van der Waals surface area contributed by atoms with Crippen molar-refractivity contribution in [2.24, 2.45) is 0 Å². The van der Waals surface area contributed by atoms with Gasteiger partial charge >= 0.3 is 0 Å². The van der Waals surface area contributed by atoms with Crippen LogP contribution in [0.15, 0.2) is 197 Å². The van der Waals surface area contributed by atoms with Gasteiger partial charge in [0, 0.05) is 49.4 Å². The van der Waals surface area contributed by atoms with Gasteiger partial charge in [0.1, 0.15) is 16.7 Å². The van der Waals surface area contributed by atoms with Crippen molar-refractivity contribution in [1.82, 2.24) is 15.0 Å². The maximum Gasteiger partial charge on any atom is 0.228 e. The minimum Gasteiger partial charge on any atom is -0.455 e. The zero-order valence-electron chi connectivity index (χ0n) is 31.1. The molecule has 0 bridgehead atoms. The number of para-hydroxylation sites is 3. The number of aromatic nitrogens is 3. The summed E-state index contributed by atoms with van der Waals surface area (Å²) in [6.45, 7) is 0. The van der Waals surface area contributed by atoms with Crippen LogP contribution in [0, 0.1) is 0 Å². The number of pyridine rings is 1. The van der Waals surface area contributed by atoms with E-state index in [-0.39, 0.29) is 0 Å². The quantitative estimate of drug-likeness (QED) is 0.176. The molecule has 0 atom stereocenters. The third-order valence-corrected chi connectivity index (χ3v) is 11.3. The Balaban J connectivity index is 1.00. The number of fused-ring (bicyclic) bond motifs is 9. The monoisotopic (exact) mass is 741 g/mol. The van der Waals surface area contributed by atoms with E-state index in [1.165, 1.54) is 0 Å². The maximum atomic E-state index is 6.49. The van der Waals surface area contributed by atoms with Crippen molar-refractivity contribution in [3.63, 3.8) is 0 Å². The highest BCUT2D eigenvalue weighted by Crippen LogP contribution is 2.42. The predicted molar refractivity (Wildman–Crippen MR) is 237 cm³/mol. The first-order chi connectivity index (χ1) is 28.7. The molecule has 0 amide bonds. The van der Waals surface area contributed by atoms with Crippen LogP contribution in [0.5, 0.6) is 0 Å². The molecule has 0 N–H and O–H groups in total. The first kappa shape index (κ1) is 32.4. The molecule has 58 heavy (non-hydrogen) atoms. The van der Waals surface area contributed by atoms with Crippen LogP contribution in [0.4, 0.5) is 0 Å². The van der Waals surface area contributed by atoms with Gasteiger partial charge in [-0.3, -0.25) is 0 Å². The molecule has 0 spiro atoms. The predicted octanol–water partition coefficient (Wildman–Crippen LogP) is 14.3. The van der Waals surface area contributed by atoms with Crippen molar-refractivity contribution in [1.29, 1.82) is 0 Å². The maximum absolute atomic E-state index is 6.49. The molecule has 8 aromatic carbocycles. The number of hydrogen-bond donors (Lipinski definition) is 0. The highest BCUT2D eigenvalue weighted by molar-refractivity contribution is 6.20. The highest BCUT2D eigenvalue weighted by atomic mass is 16.3. The van der Waals surface area contributed by atoms with E-state index in [9.17, 15) is 0 Å². The largest absolute Gasteiger partial charge is 0.455 e. The molecule has 5 nitrogen and oxygen atoms in total. The molecular weight excluding hydrogens is 711 g/mol. The lowest BCUT2D eigenvalue weighted by molar-refractivity contribution is 0.655. The summed E-state index contributed by atoms with van der Waals surface area (Å²) in [5.74, 6) is 0.647. The summed E-state index contributed by atoms with van der Waals surface area (Å²) >= 11 is 0. The molecule has 0 aliphatic heterocycles. The molecule has 0 aliphatic rings. The second-order valence-electron chi connectivity index (χ2n) is 14.7. The van der Waals surface area contributed by atoms with Crippen LogP contribution < -0.4 is 0 Å². The number of nitrogens with zero attached hydrogens (tertiary/aromatic N) is 3. The average Bonchev–Trinajstić information content (AvgIpc) is 3.87. The van der Waals surface area contributed by atoms with Crippen molar-refractivity contribution in [3.05, 3.63) is 188 Å². The fraction of sp³-hybridized carbons (Fsp3) is 0. The van der Waals surface area contributed by atoms with E-state index in [1.807, 2.05) is 48.5 Å². The van der Waals surface area contributed by atoms with Gasteiger partial charge < -0.3 is 8.83 Å². The van der Waals surface area contributed by atoms with Crippen molar-refractivity contribution < 1.29 is 8.83 Å². The van der Waals surface area contributed by atoms with E-state index in [0.717, 1.165) is 110 Å². The van der Waals surface area contributed by atoms with E-state index in [1.54, 1.807) is 0 Å². The van der Waals surface area contributed by atoms with Gasteiger partial charge in [-0.2, -0.15) is 0 Å². The minimum atomic E-state index is 0.634. The summed E-state index contributed by atoms with van der Waals surface area (Å²) in [6, 6.07) is 65.0. The van der Waals surface area contributed by atoms with Gasteiger partial charge in [0.2, 0.25) is 5.71 Å². The summed E-state index contributed by atoms with van der Waals surface area (Å²) in [4.78, 5) is 15.6. The van der Waals surface area contributed by atoms with Crippen LogP contribution in [0.1, 0.15) is 0 Å². The van der Waals surface area contributed by atoms with Gasteiger partial charge in [-0.15, -0.1) is 0 Å². The van der Waals surface area contributed by atoms with Gasteiger partial charge in [0.25, 0.3) is 0 Å². The third-order valence-electron chi connectivity index (χ3n) is 11.3. The molecule has 12 rings (SSSR count). The first-order valence-electron chi connectivity index (χ1n) is 19.4. The Hall–Kier alpha value is -7.89. The molecule has 0 unspecified atom stereocenters. The first-order valence-corrected chi connectivity index (χ1v) is 19.4. The van der Waals surface area contributed by atoms with Crippen LogP contribution in [0.3, 0.4) is 0 Å². The van der Waals surface area contributed by atoms with Crippen molar-refractivity contribution >= 4 is 65.6 Å². The normalized spacial score (nSPS) is 11.8. The Morgan fingerprint density at radius 1 is 0.328 bits per heavy atom. The van der Waals surface area contributed by atoms with E-state index in [2.05, 4.69) is 140 Å². The van der Waals surface area contributed by atoms with E-state index < -0.39 is 0 Å². The standard InChI is InChI=1S/C53H31N3O2/c1-2-13-32(14-3-1)45-31-46(38-30-29-37(35-15-4-5-16-36(35)38)42-21-12-22-43-39-17-8-10-23-47(39)57-51(42)43)55-52(54-45)34-27-25-33(26-28-34)50-41-19-7-6-18-40(41)49-44-20-9-11-24-48(44)58-53(49)56-50/h1-31H. The second-order valence-corrected chi connectivity index (χ2v) is 14.7. The molecule has 4 aromatic heterocycles. The molecule has 12 aromatic rings. The molecule has 0 saturated carbocycles. The summed E-state index contributed by atoms with van der Waals surface area (Å²) in [5, 5.41) is 8.76. The zero-order chi connectivity index (χ0) is 38.2. The summed E-state index contributed by atoms with van der Waals surface area (Å²) in [5.41, 5.74) is 11.9. The smallest absolute Gasteiger partial charge is 0.228 e. The van der Waals surface area contributed by atoms with Gasteiger partial charge in [0.05, 0.1) is 22.5 Å². The van der Waals surface area contributed by atoms with E-state index >= 15 is 0 Å². The highest BCUT2D eigenvalue weighted by Gasteiger charge is 2.19. The lowest BCUT2D eigenvalue weighted by Crippen LogP contribution is -1.97. The van der Waals surface area contributed by atoms with Crippen molar-refractivity contribution in [3.8, 4) is 56.3 Å². The molecule has 0 saturated heterocycles. The van der Waals surface area contributed by atoms with Crippen LogP contribution >= 0.6 is 0 Å². The zero-order valence-corrected chi connectivity index (χ0v) is 31.1. The van der Waals surface area contributed by atoms with Crippen molar-refractivity contribution in [2.75, 3.05) is 0 Å². The SMILES string of the molecule is c1ccc(-c2cc(-c3ccc(-c4cccc5c4oc4ccccc45)c4ccccc34)nc(-c3ccc(-c4nc5oc6ccccc6c5c5ccccc45)cc3)n2)cc1. The Morgan fingerprint density at radius 2 is 0.914 bits per heavy atom. The molecule has 5 heteroatoms. The molecule has 270 valence electrons. The van der Waals surface area contributed by atoms with E-state index in [4.69, 9.17) is 23.8 Å². The number of rotatable bonds is 5. The fourth-order valence-corrected chi connectivity index (χ4v) is 8.63. The fourth-order valence-electron chi connectivity index (χ4n) is 8.63. The molecule has 0 radical (unpaired) electrons.